The molecule has 0 aliphatic carbocycles. The fraction of sp³-hybridized carbons (Fsp3) is 0.300. The van der Waals surface area contributed by atoms with Crippen LogP contribution in [0.2, 0.25) is 5.02 Å². The highest BCUT2D eigenvalue weighted by Gasteiger charge is 2.17. The highest BCUT2D eigenvalue weighted by molar-refractivity contribution is 6.30. The molecule has 0 bridgehead atoms. The van der Waals surface area contributed by atoms with E-state index >= 15 is 0 Å². The Balaban J connectivity index is 2.52. The fourth-order valence-electron chi connectivity index (χ4n) is 1.55. The Bertz CT molecular complexity index is 485. The number of ether oxygens (including phenoxy) is 2. The van der Waals surface area contributed by atoms with Crippen LogP contribution in [0.1, 0.15) is 11.9 Å². The predicted molar refractivity (Wildman–Crippen MR) is 61.4 cm³/mol. The molecule has 0 atom stereocenters. The van der Waals surface area contributed by atoms with Gasteiger partial charge in [-0.3, -0.25) is 0 Å². The van der Waals surface area contributed by atoms with E-state index in [1.54, 1.807) is 26.4 Å². The van der Waals surface area contributed by atoms with Gasteiger partial charge >= 0.3 is 0 Å². The van der Waals surface area contributed by atoms with Crippen molar-refractivity contribution in [1.82, 2.24) is 20.6 Å². The zero-order chi connectivity index (χ0) is 12.3. The van der Waals surface area contributed by atoms with E-state index in [-0.39, 0.29) is 0 Å². The maximum absolute atomic E-state index is 5.96. The Morgan fingerprint density at radius 2 is 2.06 bits per heavy atom. The standard InChI is InChI=1S/C10H11ClN4O2/c1-16-10(17-2)7-4-3-6(11)5-8(7)9-12-14-15-13-9/h3-5,10H,1-2H3,(H,12,13,14,15). The highest BCUT2D eigenvalue weighted by Crippen LogP contribution is 2.30. The first-order valence-corrected chi connectivity index (χ1v) is 5.23. The van der Waals surface area contributed by atoms with Gasteiger partial charge in [0.15, 0.2) is 6.29 Å². The molecule has 0 aliphatic rings. The summed E-state index contributed by atoms with van der Waals surface area (Å²) in [5, 5.41) is 14.3. The quantitative estimate of drug-likeness (QED) is 0.843. The number of nitrogens with one attached hydrogen (secondary N) is 1. The molecule has 6 nitrogen and oxygen atoms in total. The average Bonchev–Trinajstić information content (AvgIpc) is 2.86. The van der Waals surface area contributed by atoms with Crippen LogP contribution < -0.4 is 0 Å². The molecule has 0 amide bonds. The van der Waals surface area contributed by atoms with Crippen molar-refractivity contribution in [2.75, 3.05) is 14.2 Å². The number of aromatic nitrogens is 4. The molecule has 1 aromatic carbocycles. The van der Waals surface area contributed by atoms with Gasteiger partial charge in [0.05, 0.1) is 0 Å². The van der Waals surface area contributed by atoms with Crippen LogP contribution in [0.25, 0.3) is 11.4 Å². The second-order valence-electron chi connectivity index (χ2n) is 3.27. The van der Waals surface area contributed by atoms with E-state index in [0.717, 1.165) is 11.1 Å². The molecule has 0 radical (unpaired) electrons. The summed E-state index contributed by atoms with van der Waals surface area (Å²) in [6.07, 6.45) is -0.499. The third-order valence-corrected chi connectivity index (χ3v) is 2.52. The average molecular weight is 255 g/mol. The smallest absolute Gasteiger partial charge is 0.205 e. The van der Waals surface area contributed by atoms with E-state index in [0.29, 0.717) is 10.8 Å². The van der Waals surface area contributed by atoms with Crippen molar-refractivity contribution in [2.24, 2.45) is 0 Å². The number of tetrazole rings is 1. The third-order valence-electron chi connectivity index (χ3n) is 2.28. The third kappa shape index (κ3) is 2.44. The minimum atomic E-state index is -0.499. The van der Waals surface area contributed by atoms with Gasteiger partial charge in [0, 0.05) is 30.4 Å². The Morgan fingerprint density at radius 1 is 1.29 bits per heavy atom. The van der Waals surface area contributed by atoms with Crippen LogP contribution in [0.15, 0.2) is 18.2 Å². The lowest BCUT2D eigenvalue weighted by atomic mass is 10.1. The molecule has 0 spiro atoms. The number of hydrogen-bond donors (Lipinski definition) is 1. The molecular weight excluding hydrogens is 244 g/mol. The number of aromatic amines is 1. The summed E-state index contributed by atoms with van der Waals surface area (Å²) in [7, 11) is 3.12. The van der Waals surface area contributed by atoms with Crippen molar-refractivity contribution in [1.29, 1.82) is 0 Å². The minimum absolute atomic E-state index is 0.446. The molecule has 7 heteroatoms. The molecule has 0 fully saturated rings. The number of benzene rings is 1. The summed E-state index contributed by atoms with van der Waals surface area (Å²) >= 11 is 5.96. The number of halogens is 1. The van der Waals surface area contributed by atoms with Gasteiger partial charge in [-0.1, -0.05) is 17.7 Å². The lowest BCUT2D eigenvalue weighted by Gasteiger charge is -2.16. The summed E-state index contributed by atoms with van der Waals surface area (Å²) in [6.45, 7) is 0. The van der Waals surface area contributed by atoms with Crippen molar-refractivity contribution in [3.63, 3.8) is 0 Å². The topological polar surface area (TPSA) is 72.9 Å². The fourth-order valence-corrected chi connectivity index (χ4v) is 1.73. The molecular formula is C10H11ClN4O2. The first-order chi connectivity index (χ1) is 8.26. The first-order valence-electron chi connectivity index (χ1n) is 4.85. The van der Waals surface area contributed by atoms with E-state index < -0.39 is 6.29 Å². The van der Waals surface area contributed by atoms with Crippen molar-refractivity contribution in [3.05, 3.63) is 28.8 Å². The second kappa shape index (κ2) is 5.22. The normalized spacial score (nSPS) is 11.1. The van der Waals surface area contributed by atoms with E-state index in [4.69, 9.17) is 21.1 Å². The zero-order valence-corrected chi connectivity index (χ0v) is 10.1. The summed E-state index contributed by atoms with van der Waals surface area (Å²) in [4.78, 5) is 0. The Morgan fingerprint density at radius 3 is 2.65 bits per heavy atom. The summed E-state index contributed by atoms with van der Waals surface area (Å²) < 4.78 is 10.4. The summed E-state index contributed by atoms with van der Waals surface area (Å²) in [5.41, 5.74) is 1.51. The molecule has 17 heavy (non-hydrogen) atoms. The van der Waals surface area contributed by atoms with Crippen LogP contribution in [-0.4, -0.2) is 34.8 Å². The summed E-state index contributed by atoms with van der Waals surface area (Å²) in [5.74, 6) is 0.446. The Labute approximate surface area is 103 Å². The molecule has 0 saturated heterocycles. The molecule has 1 heterocycles. The molecule has 2 rings (SSSR count). The number of methoxy groups -OCH3 is 2. The number of H-pyrrole nitrogens is 1. The van der Waals surface area contributed by atoms with Crippen LogP contribution in [0.3, 0.4) is 0 Å². The Hall–Kier alpha value is -1.50. The molecule has 90 valence electrons. The van der Waals surface area contributed by atoms with Crippen LogP contribution >= 0.6 is 11.6 Å². The maximum atomic E-state index is 5.96. The van der Waals surface area contributed by atoms with Gasteiger partial charge in [0.2, 0.25) is 5.82 Å². The van der Waals surface area contributed by atoms with Crippen molar-refractivity contribution in [3.8, 4) is 11.4 Å². The van der Waals surface area contributed by atoms with Crippen molar-refractivity contribution >= 4 is 11.6 Å². The summed E-state index contributed by atoms with van der Waals surface area (Å²) in [6, 6.07) is 5.31. The van der Waals surface area contributed by atoms with E-state index in [9.17, 15) is 0 Å². The van der Waals surface area contributed by atoms with E-state index in [1.807, 2.05) is 6.07 Å². The van der Waals surface area contributed by atoms with Crippen LogP contribution in [0.4, 0.5) is 0 Å². The van der Waals surface area contributed by atoms with E-state index in [2.05, 4.69) is 20.6 Å². The zero-order valence-electron chi connectivity index (χ0n) is 9.35. The SMILES string of the molecule is COC(OC)c1ccc(Cl)cc1-c1nn[nH]n1. The minimum Gasteiger partial charge on any atom is -0.352 e. The molecule has 1 aromatic heterocycles. The molecule has 0 saturated carbocycles. The van der Waals surface area contributed by atoms with Crippen molar-refractivity contribution < 1.29 is 9.47 Å². The van der Waals surface area contributed by atoms with Gasteiger partial charge in [-0.25, -0.2) is 0 Å². The number of nitrogens with zero attached hydrogens (tertiary/aromatic N) is 3. The number of rotatable bonds is 4. The van der Waals surface area contributed by atoms with Gasteiger partial charge in [-0.2, -0.15) is 5.21 Å². The van der Waals surface area contributed by atoms with Gasteiger partial charge in [-0.05, 0) is 17.3 Å². The van der Waals surface area contributed by atoms with Crippen LogP contribution in [-0.2, 0) is 9.47 Å². The second-order valence-corrected chi connectivity index (χ2v) is 3.71. The van der Waals surface area contributed by atoms with Gasteiger partial charge in [0.25, 0.3) is 0 Å². The molecule has 0 aliphatic heterocycles. The maximum Gasteiger partial charge on any atom is 0.205 e. The Kier molecular flexibility index (Phi) is 3.68. The van der Waals surface area contributed by atoms with Gasteiger partial charge in [0.1, 0.15) is 0 Å². The monoisotopic (exact) mass is 254 g/mol. The van der Waals surface area contributed by atoms with Gasteiger partial charge in [-0.15, -0.1) is 10.2 Å². The molecule has 2 aromatic rings. The van der Waals surface area contributed by atoms with Crippen LogP contribution in [0.5, 0.6) is 0 Å². The lowest BCUT2D eigenvalue weighted by molar-refractivity contribution is -0.105. The first kappa shape index (κ1) is 12.0. The molecule has 1 N–H and O–H groups in total. The van der Waals surface area contributed by atoms with E-state index in [1.165, 1.54) is 0 Å². The number of hydrogen-bond acceptors (Lipinski definition) is 5. The molecule has 0 unspecified atom stereocenters. The van der Waals surface area contributed by atoms with Crippen molar-refractivity contribution in [2.45, 2.75) is 6.29 Å². The lowest BCUT2D eigenvalue weighted by Crippen LogP contribution is -2.06. The predicted octanol–water partition coefficient (Wildman–Crippen LogP) is 1.81. The highest BCUT2D eigenvalue weighted by atomic mass is 35.5. The largest absolute Gasteiger partial charge is 0.352 e. The van der Waals surface area contributed by atoms with Crippen LogP contribution in [0, 0.1) is 0 Å². The van der Waals surface area contributed by atoms with Gasteiger partial charge < -0.3 is 9.47 Å².